The van der Waals surface area contributed by atoms with E-state index in [2.05, 4.69) is 10.3 Å². The molecule has 0 aliphatic carbocycles. The Morgan fingerprint density at radius 3 is 2.37 bits per heavy atom. The summed E-state index contributed by atoms with van der Waals surface area (Å²) < 4.78 is 10.6. The van der Waals surface area contributed by atoms with Crippen molar-refractivity contribution in [3.8, 4) is 5.75 Å². The van der Waals surface area contributed by atoms with E-state index in [0.29, 0.717) is 17.0 Å². The van der Waals surface area contributed by atoms with Crippen LogP contribution in [0.4, 0.5) is 5.69 Å². The van der Waals surface area contributed by atoms with Gasteiger partial charge in [0.1, 0.15) is 11.8 Å². The standard InChI is InChI=1S/C23H25N3O4/c1-23(2,3)25-21(27)20(16-7-5-13-24-15-16)26(22(28)19-8-6-14-30-19)17-9-11-18(29-4)12-10-17/h5-15,20H,1-4H3,(H,25,27). The van der Waals surface area contributed by atoms with Gasteiger partial charge in [0.05, 0.1) is 13.4 Å². The number of carbonyl (C=O) groups is 2. The Balaban J connectivity index is 2.14. The Hall–Kier alpha value is -3.61. The summed E-state index contributed by atoms with van der Waals surface area (Å²) in [6.45, 7) is 5.66. The number of benzene rings is 1. The Labute approximate surface area is 175 Å². The monoisotopic (exact) mass is 407 g/mol. The Bertz CT molecular complexity index is 978. The lowest BCUT2D eigenvalue weighted by atomic mass is 10.0. The summed E-state index contributed by atoms with van der Waals surface area (Å²) in [5, 5.41) is 2.97. The largest absolute Gasteiger partial charge is 0.497 e. The molecule has 7 heteroatoms. The first-order chi connectivity index (χ1) is 14.3. The minimum Gasteiger partial charge on any atom is -0.497 e. The number of amides is 2. The maximum atomic E-state index is 13.4. The smallest absolute Gasteiger partial charge is 0.294 e. The van der Waals surface area contributed by atoms with Crippen molar-refractivity contribution >= 4 is 17.5 Å². The number of anilines is 1. The molecule has 0 fully saturated rings. The third kappa shape index (κ3) is 4.86. The van der Waals surface area contributed by atoms with Gasteiger partial charge in [-0.25, -0.2) is 0 Å². The maximum Gasteiger partial charge on any atom is 0.294 e. The molecule has 2 heterocycles. The van der Waals surface area contributed by atoms with E-state index in [-0.39, 0.29) is 11.7 Å². The van der Waals surface area contributed by atoms with Gasteiger partial charge in [0.25, 0.3) is 5.91 Å². The summed E-state index contributed by atoms with van der Waals surface area (Å²) in [6.07, 6.45) is 4.63. The second kappa shape index (κ2) is 8.82. The van der Waals surface area contributed by atoms with Crippen molar-refractivity contribution in [2.45, 2.75) is 32.4 Å². The summed E-state index contributed by atoms with van der Waals surface area (Å²) in [4.78, 5) is 32.4. The van der Waals surface area contributed by atoms with Crippen LogP contribution in [0, 0.1) is 0 Å². The molecule has 0 radical (unpaired) electrons. The predicted molar refractivity (Wildman–Crippen MR) is 113 cm³/mol. The van der Waals surface area contributed by atoms with E-state index < -0.39 is 17.5 Å². The number of hydrogen-bond donors (Lipinski definition) is 1. The van der Waals surface area contributed by atoms with Crippen molar-refractivity contribution in [3.63, 3.8) is 0 Å². The summed E-state index contributed by atoms with van der Waals surface area (Å²) in [5.74, 6) is -0.00112. The number of furan rings is 1. The lowest BCUT2D eigenvalue weighted by Crippen LogP contribution is -2.49. The molecule has 1 N–H and O–H groups in total. The lowest BCUT2D eigenvalue weighted by molar-refractivity contribution is -0.123. The Kier molecular flexibility index (Phi) is 6.20. The number of nitrogens with one attached hydrogen (secondary N) is 1. The highest BCUT2D eigenvalue weighted by Gasteiger charge is 2.36. The average molecular weight is 407 g/mol. The summed E-state index contributed by atoms with van der Waals surface area (Å²) in [5.41, 5.74) is 0.613. The number of nitrogens with zero attached hydrogens (tertiary/aromatic N) is 2. The molecule has 3 rings (SSSR count). The third-order valence-electron chi connectivity index (χ3n) is 4.31. The highest BCUT2D eigenvalue weighted by atomic mass is 16.5. The average Bonchev–Trinajstić information content (AvgIpc) is 3.26. The van der Waals surface area contributed by atoms with Crippen LogP contribution in [0.3, 0.4) is 0 Å². The van der Waals surface area contributed by atoms with Gasteiger partial charge in [-0.3, -0.25) is 19.5 Å². The number of methoxy groups -OCH3 is 1. The zero-order valence-electron chi connectivity index (χ0n) is 17.5. The fourth-order valence-corrected chi connectivity index (χ4v) is 3.04. The number of pyridine rings is 1. The fraction of sp³-hybridized carbons (Fsp3) is 0.261. The number of carbonyl (C=O) groups excluding carboxylic acids is 2. The highest BCUT2D eigenvalue weighted by Crippen LogP contribution is 2.31. The van der Waals surface area contributed by atoms with Crippen LogP contribution in [0.25, 0.3) is 0 Å². The van der Waals surface area contributed by atoms with Gasteiger partial charge >= 0.3 is 0 Å². The van der Waals surface area contributed by atoms with E-state index in [4.69, 9.17) is 9.15 Å². The lowest BCUT2D eigenvalue weighted by Gasteiger charge is -2.33. The van der Waals surface area contributed by atoms with Crippen molar-refractivity contribution in [3.05, 3.63) is 78.5 Å². The molecular weight excluding hydrogens is 382 g/mol. The Morgan fingerprint density at radius 1 is 1.10 bits per heavy atom. The molecule has 0 aliphatic rings. The van der Waals surface area contributed by atoms with Crippen LogP contribution in [0.1, 0.15) is 42.9 Å². The van der Waals surface area contributed by atoms with E-state index in [0.717, 1.165) is 0 Å². The SMILES string of the molecule is COc1ccc(N(C(=O)c2ccco2)C(C(=O)NC(C)(C)C)c2cccnc2)cc1. The van der Waals surface area contributed by atoms with Crippen LogP contribution in [0.2, 0.25) is 0 Å². The van der Waals surface area contributed by atoms with Gasteiger partial charge < -0.3 is 14.5 Å². The van der Waals surface area contributed by atoms with Gasteiger partial charge in [-0.1, -0.05) is 6.07 Å². The third-order valence-corrected chi connectivity index (χ3v) is 4.31. The molecule has 2 aromatic heterocycles. The van der Waals surface area contributed by atoms with E-state index >= 15 is 0 Å². The molecule has 156 valence electrons. The molecule has 30 heavy (non-hydrogen) atoms. The molecule has 0 bridgehead atoms. The second-order valence-electron chi connectivity index (χ2n) is 7.78. The fourth-order valence-electron chi connectivity index (χ4n) is 3.04. The first-order valence-electron chi connectivity index (χ1n) is 9.53. The van der Waals surface area contributed by atoms with Crippen LogP contribution in [0.5, 0.6) is 5.75 Å². The molecule has 3 aromatic rings. The quantitative estimate of drug-likeness (QED) is 0.668. The van der Waals surface area contributed by atoms with Gasteiger partial charge in [0.2, 0.25) is 5.91 Å². The van der Waals surface area contributed by atoms with Gasteiger partial charge in [-0.2, -0.15) is 0 Å². The number of ether oxygens (including phenoxy) is 1. The topological polar surface area (TPSA) is 84.7 Å². The Morgan fingerprint density at radius 2 is 1.83 bits per heavy atom. The molecular formula is C23H25N3O4. The molecule has 0 saturated carbocycles. The summed E-state index contributed by atoms with van der Waals surface area (Å²) in [7, 11) is 1.57. The molecule has 7 nitrogen and oxygen atoms in total. The molecule has 1 atom stereocenters. The van der Waals surface area contributed by atoms with Crippen molar-refractivity contribution in [1.82, 2.24) is 10.3 Å². The van der Waals surface area contributed by atoms with E-state index in [9.17, 15) is 9.59 Å². The minimum atomic E-state index is -0.955. The van der Waals surface area contributed by atoms with Crippen molar-refractivity contribution < 1.29 is 18.7 Å². The molecule has 2 amide bonds. The minimum absolute atomic E-state index is 0.128. The molecule has 0 aliphatic heterocycles. The van der Waals surface area contributed by atoms with Crippen molar-refractivity contribution in [2.24, 2.45) is 0 Å². The van der Waals surface area contributed by atoms with Crippen LogP contribution in [-0.4, -0.2) is 29.4 Å². The first kappa shape index (κ1) is 21.1. The van der Waals surface area contributed by atoms with Crippen LogP contribution in [0.15, 0.2) is 71.6 Å². The van der Waals surface area contributed by atoms with Crippen LogP contribution >= 0.6 is 0 Å². The molecule has 0 spiro atoms. The summed E-state index contributed by atoms with van der Waals surface area (Å²) in [6, 6.07) is 12.7. The first-order valence-corrected chi connectivity index (χ1v) is 9.53. The second-order valence-corrected chi connectivity index (χ2v) is 7.78. The van der Waals surface area contributed by atoms with Crippen LogP contribution in [-0.2, 0) is 4.79 Å². The predicted octanol–water partition coefficient (Wildman–Crippen LogP) is 3.99. The van der Waals surface area contributed by atoms with Gasteiger partial charge in [-0.15, -0.1) is 0 Å². The zero-order chi connectivity index (χ0) is 21.7. The number of hydrogen-bond acceptors (Lipinski definition) is 5. The van der Waals surface area contributed by atoms with E-state index in [1.807, 2.05) is 20.8 Å². The van der Waals surface area contributed by atoms with Gasteiger partial charge in [0.15, 0.2) is 5.76 Å². The molecule has 1 aromatic carbocycles. The van der Waals surface area contributed by atoms with Crippen molar-refractivity contribution in [1.29, 1.82) is 0 Å². The van der Waals surface area contributed by atoms with Crippen LogP contribution < -0.4 is 15.0 Å². The molecule has 1 unspecified atom stereocenters. The van der Waals surface area contributed by atoms with E-state index in [1.165, 1.54) is 11.2 Å². The number of rotatable bonds is 6. The highest BCUT2D eigenvalue weighted by molar-refractivity contribution is 6.08. The molecule has 0 saturated heterocycles. The zero-order valence-corrected chi connectivity index (χ0v) is 17.5. The summed E-state index contributed by atoms with van der Waals surface area (Å²) >= 11 is 0. The van der Waals surface area contributed by atoms with Crippen molar-refractivity contribution in [2.75, 3.05) is 12.0 Å². The van der Waals surface area contributed by atoms with E-state index in [1.54, 1.807) is 68.0 Å². The normalized spacial score (nSPS) is 12.1. The van der Waals surface area contributed by atoms with Gasteiger partial charge in [-0.05, 0) is 63.2 Å². The maximum absolute atomic E-state index is 13.4. The number of aromatic nitrogens is 1. The van der Waals surface area contributed by atoms with Gasteiger partial charge in [0, 0.05) is 29.2 Å².